The molecule has 0 saturated heterocycles. The van der Waals surface area contributed by atoms with Gasteiger partial charge in [-0.05, 0) is 30.3 Å². The van der Waals surface area contributed by atoms with Crippen LogP contribution in [0.15, 0.2) is 24.8 Å². The number of ether oxygens (including phenoxy) is 1. The first-order chi connectivity index (χ1) is 10.5. The van der Waals surface area contributed by atoms with E-state index >= 15 is 0 Å². The Labute approximate surface area is 145 Å². The molecule has 1 amide bonds. The standard InChI is InChI=1S/C17H26ClNO3Si/c1-8-16(20)19-14-10-15(21-5)12(9-13(14)18)11-22-23(6,7)17(2,3)4/h8-10H,1,11H2,2-7H3,(H,19,20). The van der Waals surface area contributed by atoms with Crippen molar-refractivity contribution in [2.75, 3.05) is 12.4 Å². The zero-order valence-electron chi connectivity index (χ0n) is 14.7. The summed E-state index contributed by atoms with van der Waals surface area (Å²) in [5, 5.41) is 3.22. The minimum absolute atomic E-state index is 0.127. The van der Waals surface area contributed by atoms with Gasteiger partial charge >= 0.3 is 0 Å². The Morgan fingerprint density at radius 2 is 2.00 bits per heavy atom. The number of hydrogen-bond donors (Lipinski definition) is 1. The van der Waals surface area contributed by atoms with Gasteiger partial charge in [0.2, 0.25) is 5.91 Å². The number of carbonyl (C=O) groups is 1. The molecule has 0 bridgehead atoms. The summed E-state index contributed by atoms with van der Waals surface area (Å²) in [4.78, 5) is 11.4. The first-order valence-electron chi connectivity index (χ1n) is 7.45. The summed E-state index contributed by atoms with van der Waals surface area (Å²) in [5.41, 5.74) is 1.35. The van der Waals surface area contributed by atoms with E-state index in [9.17, 15) is 4.79 Å². The second-order valence-corrected chi connectivity index (χ2v) is 12.1. The van der Waals surface area contributed by atoms with Crippen molar-refractivity contribution in [2.24, 2.45) is 0 Å². The van der Waals surface area contributed by atoms with Crippen molar-refractivity contribution in [3.8, 4) is 5.75 Å². The topological polar surface area (TPSA) is 47.6 Å². The summed E-state index contributed by atoms with van der Waals surface area (Å²) in [6.07, 6.45) is 1.19. The monoisotopic (exact) mass is 355 g/mol. The van der Waals surface area contributed by atoms with Crippen molar-refractivity contribution in [2.45, 2.75) is 45.5 Å². The van der Waals surface area contributed by atoms with E-state index in [1.54, 1.807) is 19.2 Å². The van der Waals surface area contributed by atoms with Gasteiger partial charge < -0.3 is 14.5 Å². The fourth-order valence-electron chi connectivity index (χ4n) is 1.65. The molecule has 0 unspecified atom stereocenters. The molecule has 1 aromatic carbocycles. The quantitative estimate of drug-likeness (QED) is 0.577. The van der Waals surface area contributed by atoms with Gasteiger partial charge in [-0.1, -0.05) is 39.0 Å². The molecule has 0 radical (unpaired) electrons. The van der Waals surface area contributed by atoms with Crippen LogP contribution < -0.4 is 10.1 Å². The predicted octanol–water partition coefficient (Wildman–Crippen LogP) is 4.99. The van der Waals surface area contributed by atoms with Crippen LogP contribution in [0.2, 0.25) is 23.2 Å². The van der Waals surface area contributed by atoms with Gasteiger partial charge in [-0.2, -0.15) is 0 Å². The summed E-state index contributed by atoms with van der Waals surface area (Å²) in [6.45, 7) is 14.8. The molecule has 0 atom stereocenters. The van der Waals surface area contributed by atoms with Gasteiger partial charge in [-0.3, -0.25) is 4.79 Å². The first kappa shape index (κ1) is 19.7. The molecule has 128 valence electrons. The van der Waals surface area contributed by atoms with E-state index in [1.165, 1.54) is 6.08 Å². The van der Waals surface area contributed by atoms with E-state index in [1.807, 2.05) is 0 Å². The largest absolute Gasteiger partial charge is 0.496 e. The Kier molecular flexibility index (Phi) is 6.45. The molecule has 1 aromatic rings. The Morgan fingerprint density at radius 3 is 2.48 bits per heavy atom. The number of halogens is 1. The molecule has 0 spiro atoms. The summed E-state index contributed by atoms with van der Waals surface area (Å²) in [6, 6.07) is 3.47. The number of anilines is 1. The lowest BCUT2D eigenvalue weighted by Crippen LogP contribution is -2.40. The highest BCUT2D eigenvalue weighted by atomic mass is 35.5. The molecule has 0 saturated carbocycles. The van der Waals surface area contributed by atoms with Crippen LogP contribution in [0, 0.1) is 0 Å². The van der Waals surface area contributed by atoms with E-state index in [0.717, 1.165) is 5.56 Å². The molecule has 0 aliphatic heterocycles. The molecular weight excluding hydrogens is 330 g/mol. The molecule has 6 heteroatoms. The molecule has 23 heavy (non-hydrogen) atoms. The molecule has 0 aliphatic rings. The second-order valence-electron chi connectivity index (χ2n) is 6.89. The van der Waals surface area contributed by atoms with Crippen LogP contribution in [-0.2, 0) is 15.8 Å². The normalized spacial score (nSPS) is 12.0. The smallest absolute Gasteiger partial charge is 0.247 e. The number of benzene rings is 1. The minimum Gasteiger partial charge on any atom is -0.496 e. The van der Waals surface area contributed by atoms with Crippen LogP contribution in [0.4, 0.5) is 5.69 Å². The zero-order valence-corrected chi connectivity index (χ0v) is 16.5. The van der Waals surface area contributed by atoms with Crippen LogP contribution in [-0.4, -0.2) is 21.3 Å². The third kappa shape index (κ3) is 5.09. The predicted molar refractivity (Wildman–Crippen MR) is 98.8 cm³/mol. The molecule has 4 nitrogen and oxygen atoms in total. The van der Waals surface area contributed by atoms with Crippen molar-refractivity contribution < 1.29 is 14.0 Å². The number of methoxy groups -OCH3 is 1. The molecule has 0 aromatic heterocycles. The fourth-order valence-corrected chi connectivity index (χ4v) is 2.83. The van der Waals surface area contributed by atoms with Crippen LogP contribution in [0.5, 0.6) is 5.75 Å². The van der Waals surface area contributed by atoms with Gasteiger partial charge in [0.1, 0.15) is 5.75 Å². The SMILES string of the molecule is C=CC(=O)Nc1cc(OC)c(CO[Si](C)(C)C(C)(C)C)cc1Cl. The second kappa shape index (κ2) is 7.51. The van der Waals surface area contributed by atoms with E-state index in [2.05, 4.69) is 45.8 Å². The van der Waals surface area contributed by atoms with E-state index < -0.39 is 8.32 Å². The maximum Gasteiger partial charge on any atom is 0.247 e. The molecule has 0 fully saturated rings. The average molecular weight is 356 g/mol. The highest BCUT2D eigenvalue weighted by Crippen LogP contribution is 2.38. The molecular formula is C17H26ClNO3Si. The third-order valence-electron chi connectivity index (χ3n) is 4.21. The Bertz CT molecular complexity index is 594. The van der Waals surface area contributed by atoms with Crippen molar-refractivity contribution in [3.05, 3.63) is 35.4 Å². The maximum atomic E-state index is 11.4. The molecule has 1 N–H and O–H groups in total. The van der Waals surface area contributed by atoms with Crippen LogP contribution in [0.1, 0.15) is 26.3 Å². The average Bonchev–Trinajstić information content (AvgIpc) is 2.45. The van der Waals surface area contributed by atoms with Crippen LogP contribution >= 0.6 is 11.6 Å². The molecule has 1 rings (SSSR count). The molecule has 0 heterocycles. The van der Waals surface area contributed by atoms with Crippen molar-refractivity contribution in [1.29, 1.82) is 0 Å². The van der Waals surface area contributed by atoms with Gasteiger partial charge in [0, 0.05) is 11.6 Å². The number of rotatable bonds is 6. The number of amides is 1. The first-order valence-corrected chi connectivity index (χ1v) is 10.7. The Morgan fingerprint density at radius 1 is 1.39 bits per heavy atom. The highest BCUT2D eigenvalue weighted by Gasteiger charge is 2.37. The van der Waals surface area contributed by atoms with Gasteiger partial charge in [0.05, 0.1) is 24.4 Å². The van der Waals surface area contributed by atoms with Crippen molar-refractivity contribution in [3.63, 3.8) is 0 Å². The minimum atomic E-state index is -1.87. The van der Waals surface area contributed by atoms with Gasteiger partial charge in [0.15, 0.2) is 8.32 Å². The lowest BCUT2D eigenvalue weighted by molar-refractivity contribution is -0.111. The molecule has 0 aliphatic carbocycles. The van der Waals surface area contributed by atoms with Crippen LogP contribution in [0.3, 0.4) is 0 Å². The summed E-state index contributed by atoms with van der Waals surface area (Å²) in [5.74, 6) is 0.312. The summed E-state index contributed by atoms with van der Waals surface area (Å²) in [7, 11) is -0.286. The lowest BCUT2D eigenvalue weighted by atomic mass is 10.2. The van der Waals surface area contributed by atoms with Crippen molar-refractivity contribution >= 4 is 31.5 Å². The maximum absolute atomic E-state index is 11.4. The number of nitrogens with one attached hydrogen (secondary N) is 1. The van der Waals surface area contributed by atoms with E-state index in [-0.39, 0.29) is 10.9 Å². The van der Waals surface area contributed by atoms with Gasteiger partial charge in [0.25, 0.3) is 0 Å². The third-order valence-corrected chi connectivity index (χ3v) is 9.00. The Balaban J connectivity index is 3.02. The zero-order chi connectivity index (χ0) is 17.8. The number of hydrogen-bond acceptors (Lipinski definition) is 3. The highest BCUT2D eigenvalue weighted by molar-refractivity contribution is 6.74. The summed E-state index contributed by atoms with van der Waals surface area (Å²) >= 11 is 6.25. The fraction of sp³-hybridized carbons (Fsp3) is 0.471. The van der Waals surface area contributed by atoms with E-state index in [0.29, 0.717) is 23.1 Å². The van der Waals surface area contributed by atoms with Gasteiger partial charge in [-0.25, -0.2) is 0 Å². The lowest BCUT2D eigenvalue weighted by Gasteiger charge is -2.36. The summed E-state index contributed by atoms with van der Waals surface area (Å²) < 4.78 is 11.6. The Hall–Kier alpha value is -1.30. The van der Waals surface area contributed by atoms with Gasteiger partial charge in [-0.15, -0.1) is 0 Å². The number of carbonyl (C=O) groups excluding carboxylic acids is 1. The van der Waals surface area contributed by atoms with Crippen LogP contribution in [0.25, 0.3) is 0 Å². The van der Waals surface area contributed by atoms with E-state index in [4.69, 9.17) is 20.8 Å². The van der Waals surface area contributed by atoms with Crippen molar-refractivity contribution in [1.82, 2.24) is 0 Å².